The van der Waals surface area contributed by atoms with Gasteiger partial charge in [-0.3, -0.25) is 4.79 Å². The largest absolute Gasteiger partial charge is 0.335 e. The molecule has 114 valence electrons. The molecule has 0 bridgehead atoms. The normalized spacial score (nSPS) is 13.6. The van der Waals surface area contributed by atoms with Gasteiger partial charge in [0.25, 0.3) is 0 Å². The third-order valence-corrected chi connectivity index (χ3v) is 3.59. The summed E-state index contributed by atoms with van der Waals surface area (Å²) in [6.07, 6.45) is 3.78. The Bertz CT molecular complexity index is 502. The van der Waals surface area contributed by atoms with Gasteiger partial charge in [0.15, 0.2) is 0 Å². The summed E-state index contributed by atoms with van der Waals surface area (Å²) < 4.78 is 0. The Labute approximate surface area is 125 Å². The van der Waals surface area contributed by atoms with Crippen LogP contribution in [0.3, 0.4) is 0 Å². The Kier molecular flexibility index (Phi) is 5.20. The van der Waals surface area contributed by atoms with Gasteiger partial charge in [0.1, 0.15) is 0 Å². The second kappa shape index (κ2) is 7.11. The summed E-state index contributed by atoms with van der Waals surface area (Å²) in [5.41, 5.74) is 3.12. The highest BCUT2D eigenvalue weighted by molar-refractivity contribution is 5.95. The number of para-hydroxylation sites is 1. The molecule has 0 aromatic heterocycles. The highest BCUT2D eigenvalue weighted by Crippen LogP contribution is 2.22. The van der Waals surface area contributed by atoms with Gasteiger partial charge in [0.05, 0.1) is 6.54 Å². The monoisotopic (exact) mass is 289 g/mol. The number of carbonyl (C=O) groups excluding carboxylic acids is 2. The average Bonchev–Trinajstić information content (AvgIpc) is 3.29. The van der Waals surface area contributed by atoms with Crippen LogP contribution in [-0.4, -0.2) is 24.5 Å². The molecule has 0 radical (unpaired) electrons. The Morgan fingerprint density at radius 1 is 1.14 bits per heavy atom. The number of hydrogen-bond acceptors (Lipinski definition) is 2. The summed E-state index contributed by atoms with van der Waals surface area (Å²) in [4.78, 5) is 23.5. The lowest BCUT2D eigenvalue weighted by molar-refractivity contribution is -0.115. The summed E-state index contributed by atoms with van der Waals surface area (Å²) in [6, 6.07) is 6.06. The molecule has 3 amide bonds. The van der Waals surface area contributed by atoms with Gasteiger partial charge in [-0.1, -0.05) is 32.0 Å². The molecular weight excluding hydrogens is 266 g/mol. The first-order chi connectivity index (χ1) is 10.1. The van der Waals surface area contributed by atoms with Crippen molar-refractivity contribution in [2.75, 3.05) is 11.9 Å². The van der Waals surface area contributed by atoms with Crippen molar-refractivity contribution in [1.82, 2.24) is 10.6 Å². The van der Waals surface area contributed by atoms with Crippen LogP contribution in [0, 0.1) is 0 Å². The number of hydrogen-bond donors (Lipinski definition) is 3. The molecule has 5 nitrogen and oxygen atoms in total. The van der Waals surface area contributed by atoms with Gasteiger partial charge in [0.2, 0.25) is 5.91 Å². The molecule has 21 heavy (non-hydrogen) atoms. The first kappa shape index (κ1) is 15.4. The quantitative estimate of drug-likeness (QED) is 0.751. The van der Waals surface area contributed by atoms with Crippen LogP contribution >= 0.6 is 0 Å². The number of amides is 3. The Hall–Kier alpha value is -2.04. The first-order valence-corrected chi connectivity index (χ1v) is 7.59. The molecule has 1 saturated carbocycles. The number of rotatable bonds is 6. The van der Waals surface area contributed by atoms with Gasteiger partial charge in [-0.05, 0) is 36.8 Å². The van der Waals surface area contributed by atoms with Gasteiger partial charge >= 0.3 is 6.03 Å². The van der Waals surface area contributed by atoms with E-state index in [0.29, 0.717) is 6.04 Å². The molecule has 0 heterocycles. The lowest BCUT2D eigenvalue weighted by Crippen LogP contribution is -2.41. The highest BCUT2D eigenvalue weighted by Gasteiger charge is 2.23. The van der Waals surface area contributed by atoms with Crippen molar-refractivity contribution in [3.63, 3.8) is 0 Å². The van der Waals surface area contributed by atoms with E-state index >= 15 is 0 Å². The highest BCUT2D eigenvalue weighted by atomic mass is 16.2. The van der Waals surface area contributed by atoms with Gasteiger partial charge in [-0.15, -0.1) is 0 Å². The summed E-state index contributed by atoms with van der Waals surface area (Å²) in [5.74, 6) is -0.198. The number of carbonyl (C=O) groups is 2. The molecule has 1 aromatic carbocycles. The number of urea groups is 1. The minimum atomic E-state index is -0.271. The smallest absolute Gasteiger partial charge is 0.315 e. The van der Waals surface area contributed by atoms with Gasteiger partial charge in [0, 0.05) is 11.7 Å². The molecule has 0 spiro atoms. The minimum Gasteiger partial charge on any atom is -0.335 e. The molecule has 3 N–H and O–H groups in total. The van der Waals surface area contributed by atoms with E-state index in [1.54, 1.807) is 0 Å². The predicted molar refractivity (Wildman–Crippen MR) is 83.4 cm³/mol. The predicted octanol–water partition coefficient (Wildman–Crippen LogP) is 2.21. The van der Waals surface area contributed by atoms with Crippen LogP contribution < -0.4 is 16.0 Å². The molecule has 0 atom stereocenters. The Balaban J connectivity index is 1.90. The fourth-order valence-electron chi connectivity index (χ4n) is 2.21. The maximum absolute atomic E-state index is 12.0. The van der Waals surface area contributed by atoms with Crippen molar-refractivity contribution in [3.05, 3.63) is 29.3 Å². The molecule has 1 aliphatic rings. The zero-order valence-electron chi connectivity index (χ0n) is 12.7. The van der Waals surface area contributed by atoms with Crippen LogP contribution in [0.2, 0.25) is 0 Å². The van der Waals surface area contributed by atoms with Crippen molar-refractivity contribution >= 4 is 17.6 Å². The van der Waals surface area contributed by atoms with Crippen molar-refractivity contribution in [1.29, 1.82) is 0 Å². The van der Waals surface area contributed by atoms with Crippen LogP contribution in [0.15, 0.2) is 18.2 Å². The molecule has 0 aliphatic heterocycles. The van der Waals surface area contributed by atoms with Crippen molar-refractivity contribution in [3.8, 4) is 0 Å². The third-order valence-electron chi connectivity index (χ3n) is 3.59. The van der Waals surface area contributed by atoms with Crippen LogP contribution in [0.5, 0.6) is 0 Å². The number of aryl methyl sites for hydroxylation is 2. The van der Waals surface area contributed by atoms with Gasteiger partial charge in [-0.25, -0.2) is 4.79 Å². The molecule has 5 heteroatoms. The zero-order chi connectivity index (χ0) is 15.2. The SMILES string of the molecule is CCc1cccc(CC)c1NC(=O)CNC(=O)NC1CC1. The van der Waals surface area contributed by atoms with Crippen LogP contribution in [0.25, 0.3) is 0 Å². The van der Waals surface area contributed by atoms with Crippen molar-refractivity contribution in [2.24, 2.45) is 0 Å². The molecule has 2 rings (SSSR count). The number of nitrogens with one attached hydrogen (secondary N) is 3. The summed E-state index contributed by atoms with van der Waals surface area (Å²) in [6.45, 7) is 4.11. The standard InChI is InChI=1S/C16H23N3O2/c1-3-11-6-5-7-12(4-2)15(11)19-14(20)10-17-16(21)18-13-8-9-13/h5-7,13H,3-4,8-10H2,1-2H3,(H,19,20)(H2,17,18,21). The molecule has 1 aromatic rings. The molecule has 0 saturated heterocycles. The van der Waals surface area contributed by atoms with Crippen LogP contribution in [0.1, 0.15) is 37.8 Å². The van der Waals surface area contributed by atoms with E-state index < -0.39 is 0 Å². The minimum absolute atomic E-state index is 0.0141. The first-order valence-electron chi connectivity index (χ1n) is 7.59. The Morgan fingerprint density at radius 2 is 1.76 bits per heavy atom. The van der Waals surface area contributed by atoms with E-state index in [0.717, 1.165) is 42.5 Å². The van der Waals surface area contributed by atoms with E-state index in [-0.39, 0.29) is 18.5 Å². The molecule has 0 unspecified atom stereocenters. The van der Waals surface area contributed by atoms with Gasteiger partial charge < -0.3 is 16.0 Å². The number of benzene rings is 1. The van der Waals surface area contributed by atoms with Crippen LogP contribution in [-0.2, 0) is 17.6 Å². The molecular formula is C16H23N3O2. The molecule has 1 aliphatic carbocycles. The summed E-state index contributed by atoms with van der Waals surface area (Å²) in [5, 5.41) is 8.30. The maximum atomic E-state index is 12.0. The van der Waals surface area contributed by atoms with E-state index in [1.807, 2.05) is 18.2 Å². The lowest BCUT2D eigenvalue weighted by Gasteiger charge is -2.14. The topological polar surface area (TPSA) is 70.2 Å². The maximum Gasteiger partial charge on any atom is 0.315 e. The fourth-order valence-corrected chi connectivity index (χ4v) is 2.21. The second-order valence-electron chi connectivity index (χ2n) is 5.31. The lowest BCUT2D eigenvalue weighted by atomic mass is 10.0. The third kappa shape index (κ3) is 4.48. The van der Waals surface area contributed by atoms with Crippen LogP contribution in [0.4, 0.5) is 10.5 Å². The van der Waals surface area contributed by atoms with Crippen molar-refractivity contribution < 1.29 is 9.59 Å². The summed E-state index contributed by atoms with van der Waals surface area (Å²) in [7, 11) is 0. The second-order valence-corrected chi connectivity index (χ2v) is 5.31. The fraction of sp³-hybridized carbons (Fsp3) is 0.500. The zero-order valence-corrected chi connectivity index (χ0v) is 12.7. The molecule has 1 fully saturated rings. The number of anilines is 1. The van der Waals surface area contributed by atoms with Crippen molar-refractivity contribution in [2.45, 2.75) is 45.6 Å². The van der Waals surface area contributed by atoms with E-state index in [4.69, 9.17) is 0 Å². The summed E-state index contributed by atoms with van der Waals surface area (Å²) >= 11 is 0. The Morgan fingerprint density at radius 3 is 2.29 bits per heavy atom. The van der Waals surface area contributed by atoms with E-state index in [2.05, 4.69) is 29.8 Å². The van der Waals surface area contributed by atoms with E-state index in [9.17, 15) is 9.59 Å². The average molecular weight is 289 g/mol. The van der Waals surface area contributed by atoms with E-state index in [1.165, 1.54) is 0 Å². The van der Waals surface area contributed by atoms with Gasteiger partial charge in [-0.2, -0.15) is 0 Å².